The van der Waals surface area contributed by atoms with E-state index in [1.54, 1.807) is 7.11 Å². The van der Waals surface area contributed by atoms with Crippen LogP contribution < -0.4 is 4.74 Å². The first-order valence-electron chi connectivity index (χ1n) is 10.1. The van der Waals surface area contributed by atoms with Crippen LogP contribution in [0.1, 0.15) is 25.3 Å². The number of benzene rings is 3. The molecule has 3 nitrogen and oxygen atoms in total. The monoisotopic (exact) mass is 532 g/mol. The first-order valence-corrected chi connectivity index (χ1v) is 11.7. The lowest BCUT2D eigenvalue weighted by Gasteiger charge is -2.13. The van der Waals surface area contributed by atoms with Crippen molar-refractivity contribution in [3.8, 4) is 33.8 Å². The fourth-order valence-corrected chi connectivity index (χ4v) is 4.54. The molecular weight excluding hydrogens is 508 g/mol. The smallest absolute Gasteiger partial charge is 0.143 e. The second-order valence-electron chi connectivity index (χ2n) is 7.09. The van der Waals surface area contributed by atoms with Crippen molar-refractivity contribution in [3.63, 3.8) is 0 Å². The molecule has 0 aromatic heterocycles. The highest BCUT2D eigenvalue weighted by Gasteiger charge is 2.11. The molecule has 3 rings (SSSR count). The predicted molar refractivity (Wildman–Crippen MR) is 130 cm³/mol. The minimum absolute atomic E-state index is 0.217. The number of hydrogen-bond acceptors (Lipinski definition) is 3. The van der Waals surface area contributed by atoms with Gasteiger partial charge in [0.15, 0.2) is 0 Å². The van der Waals surface area contributed by atoms with Crippen LogP contribution in [-0.4, -0.2) is 25.4 Å². The van der Waals surface area contributed by atoms with Gasteiger partial charge in [0.1, 0.15) is 11.5 Å². The fourth-order valence-electron chi connectivity index (χ4n) is 3.35. The van der Waals surface area contributed by atoms with Crippen molar-refractivity contribution in [1.82, 2.24) is 0 Å². The highest BCUT2D eigenvalue weighted by Crippen LogP contribution is 2.38. The average molecular weight is 534 g/mol. The van der Waals surface area contributed by atoms with Gasteiger partial charge >= 0.3 is 0 Å². The second kappa shape index (κ2) is 11.0. The molecule has 0 aliphatic heterocycles. The summed E-state index contributed by atoms with van der Waals surface area (Å²) in [5, 5.41) is 10.0. The van der Waals surface area contributed by atoms with Gasteiger partial charge in [-0.3, -0.25) is 0 Å². The van der Waals surface area contributed by atoms with E-state index in [2.05, 4.69) is 69.1 Å². The zero-order valence-corrected chi connectivity index (χ0v) is 20.4. The van der Waals surface area contributed by atoms with Gasteiger partial charge in [0.2, 0.25) is 0 Å². The molecule has 0 saturated carbocycles. The minimum Gasteiger partial charge on any atom is -0.506 e. The molecule has 0 fully saturated rings. The standard InChI is InChI=1S/C25H26Br2O3/c1-3-17-14-19(8-11-22(17)20-15-23(26)25(28)24(27)16-20)18-6-9-21(10-7-18)30-13-5-4-12-29-2/h6-11,14-16,28H,3-5,12-13H2,1-2H3. The number of halogens is 2. The molecule has 0 bridgehead atoms. The van der Waals surface area contributed by atoms with E-state index in [9.17, 15) is 5.11 Å². The normalized spacial score (nSPS) is 10.9. The van der Waals surface area contributed by atoms with Crippen molar-refractivity contribution in [3.05, 3.63) is 69.1 Å². The molecule has 158 valence electrons. The molecule has 0 unspecified atom stereocenters. The van der Waals surface area contributed by atoms with Crippen LogP contribution >= 0.6 is 31.9 Å². The van der Waals surface area contributed by atoms with Gasteiger partial charge in [0, 0.05) is 13.7 Å². The number of aryl methyl sites for hydroxylation is 1. The van der Waals surface area contributed by atoms with Gasteiger partial charge in [0.05, 0.1) is 15.6 Å². The largest absolute Gasteiger partial charge is 0.506 e. The predicted octanol–water partition coefficient (Wildman–Crippen LogP) is 7.62. The Morgan fingerprint density at radius 1 is 0.800 bits per heavy atom. The number of methoxy groups -OCH3 is 1. The maximum absolute atomic E-state index is 10.0. The number of phenols is 1. The van der Waals surface area contributed by atoms with Crippen molar-refractivity contribution >= 4 is 31.9 Å². The Morgan fingerprint density at radius 2 is 1.43 bits per heavy atom. The van der Waals surface area contributed by atoms with Crippen molar-refractivity contribution in [2.24, 2.45) is 0 Å². The van der Waals surface area contributed by atoms with E-state index in [1.165, 1.54) is 16.7 Å². The van der Waals surface area contributed by atoms with Gasteiger partial charge in [-0.1, -0.05) is 37.3 Å². The summed E-state index contributed by atoms with van der Waals surface area (Å²) in [5.41, 5.74) is 5.83. The third-order valence-electron chi connectivity index (χ3n) is 5.01. The highest BCUT2D eigenvalue weighted by molar-refractivity contribution is 9.11. The lowest BCUT2D eigenvalue weighted by molar-refractivity contribution is 0.184. The Morgan fingerprint density at radius 3 is 2.07 bits per heavy atom. The van der Waals surface area contributed by atoms with E-state index >= 15 is 0 Å². The molecular formula is C25H26Br2O3. The quantitative estimate of drug-likeness (QED) is 0.287. The molecule has 30 heavy (non-hydrogen) atoms. The summed E-state index contributed by atoms with van der Waals surface area (Å²) in [6, 6.07) is 18.7. The maximum Gasteiger partial charge on any atom is 0.143 e. The van der Waals surface area contributed by atoms with Crippen molar-refractivity contribution < 1.29 is 14.6 Å². The van der Waals surface area contributed by atoms with E-state index in [-0.39, 0.29) is 5.75 Å². The first kappa shape index (κ1) is 22.9. The number of rotatable bonds is 9. The molecule has 0 aliphatic carbocycles. The van der Waals surface area contributed by atoms with Crippen LogP contribution in [0.2, 0.25) is 0 Å². The Kier molecular flexibility index (Phi) is 8.37. The first-order chi connectivity index (χ1) is 14.5. The van der Waals surface area contributed by atoms with Crippen molar-refractivity contribution in [1.29, 1.82) is 0 Å². The van der Waals surface area contributed by atoms with Gasteiger partial charge in [0.25, 0.3) is 0 Å². The third-order valence-corrected chi connectivity index (χ3v) is 6.22. The van der Waals surface area contributed by atoms with Crippen molar-refractivity contribution in [2.45, 2.75) is 26.2 Å². The van der Waals surface area contributed by atoms with Gasteiger partial charge in [-0.2, -0.15) is 0 Å². The van der Waals surface area contributed by atoms with Gasteiger partial charge < -0.3 is 14.6 Å². The Balaban J connectivity index is 1.78. The molecule has 0 radical (unpaired) electrons. The van der Waals surface area contributed by atoms with Crippen LogP contribution in [0.25, 0.3) is 22.3 Å². The Bertz CT molecular complexity index is 961. The molecule has 3 aromatic carbocycles. The van der Waals surface area contributed by atoms with Gasteiger partial charge in [-0.25, -0.2) is 0 Å². The molecule has 0 heterocycles. The van der Waals surface area contributed by atoms with E-state index in [0.717, 1.165) is 42.7 Å². The summed E-state index contributed by atoms with van der Waals surface area (Å²) in [7, 11) is 1.72. The molecule has 0 saturated heterocycles. The zero-order chi connectivity index (χ0) is 21.5. The van der Waals surface area contributed by atoms with E-state index < -0.39 is 0 Å². The molecule has 3 aromatic rings. The van der Waals surface area contributed by atoms with Crippen molar-refractivity contribution in [2.75, 3.05) is 20.3 Å². The zero-order valence-electron chi connectivity index (χ0n) is 17.3. The van der Waals surface area contributed by atoms with Crippen LogP contribution in [0.15, 0.2) is 63.5 Å². The van der Waals surface area contributed by atoms with Crippen LogP contribution in [0.5, 0.6) is 11.5 Å². The maximum atomic E-state index is 10.0. The summed E-state index contributed by atoms with van der Waals surface area (Å²) in [5.74, 6) is 1.11. The van der Waals surface area contributed by atoms with Crippen LogP contribution in [0.3, 0.4) is 0 Å². The SMILES string of the molecule is CCc1cc(-c2ccc(OCCCCOC)cc2)ccc1-c1cc(Br)c(O)c(Br)c1. The summed E-state index contributed by atoms with van der Waals surface area (Å²) < 4.78 is 12.2. The number of phenolic OH excluding ortho intramolecular Hbond substituents is 1. The number of unbranched alkanes of at least 4 members (excludes halogenated alkanes) is 1. The topological polar surface area (TPSA) is 38.7 Å². The highest BCUT2D eigenvalue weighted by atomic mass is 79.9. The summed E-state index contributed by atoms with van der Waals surface area (Å²) in [4.78, 5) is 0. The number of ether oxygens (including phenoxy) is 2. The van der Waals surface area contributed by atoms with Crippen LogP contribution in [0, 0.1) is 0 Å². The molecule has 0 amide bonds. The lowest BCUT2D eigenvalue weighted by atomic mass is 9.93. The second-order valence-corrected chi connectivity index (χ2v) is 8.80. The van der Waals surface area contributed by atoms with Gasteiger partial charge in [-0.05, 0) is 103 Å². The van der Waals surface area contributed by atoms with Crippen LogP contribution in [-0.2, 0) is 11.2 Å². The van der Waals surface area contributed by atoms with Gasteiger partial charge in [-0.15, -0.1) is 0 Å². The fraction of sp³-hybridized carbons (Fsp3) is 0.280. The Hall–Kier alpha value is -1.82. The van der Waals surface area contributed by atoms with Crippen LogP contribution in [0.4, 0.5) is 0 Å². The molecule has 0 spiro atoms. The van der Waals surface area contributed by atoms with E-state index in [1.807, 2.05) is 24.3 Å². The molecule has 1 N–H and O–H groups in total. The summed E-state index contributed by atoms with van der Waals surface area (Å²) in [6.07, 6.45) is 2.91. The number of hydrogen-bond donors (Lipinski definition) is 1. The Labute approximate surface area is 195 Å². The molecule has 5 heteroatoms. The lowest BCUT2D eigenvalue weighted by Crippen LogP contribution is -1.99. The van der Waals surface area contributed by atoms with E-state index in [4.69, 9.17) is 9.47 Å². The minimum atomic E-state index is 0.217. The third kappa shape index (κ3) is 5.65. The number of aromatic hydroxyl groups is 1. The summed E-state index contributed by atoms with van der Waals surface area (Å²) >= 11 is 6.86. The molecule has 0 aliphatic rings. The van der Waals surface area contributed by atoms with E-state index in [0.29, 0.717) is 15.6 Å². The average Bonchev–Trinajstić information content (AvgIpc) is 2.77. The summed E-state index contributed by atoms with van der Waals surface area (Å²) in [6.45, 7) is 3.64. The molecule has 0 atom stereocenters.